The summed E-state index contributed by atoms with van der Waals surface area (Å²) in [5.41, 5.74) is 0.772. The van der Waals surface area contributed by atoms with Crippen LogP contribution in [0.2, 0.25) is 5.15 Å². The minimum absolute atomic E-state index is 0.137. The fraction of sp³-hybridized carbons (Fsp3) is 0.455. The van der Waals surface area contributed by atoms with Gasteiger partial charge in [-0.05, 0) is 24.5 Å². The molecule has 0 bridgehead atoms. The van der Waals surface area contributed by atoms with Crippen molar-refractivity contribution in [2.45, 2.75) is 19.8 Å². The van der Waals surface area contributed by atoms with Gasteiger partial charge in [0.05, 0.1) is 5.41 Å². The predicted molar refractivity (Wildman–Crippen MR) is 58.7 cm³/mol. The molecule has 1 aromatic rings. The van der Waals surface area contributed by atoms with Gasteiger partial charge >= 0.3 is 0 Å². The molecule has 15 heavy (non-hydrogen) atoms. The molecule has 1 aromatic heterocycles. The Morgan fingerprint density at radius 2 is 2.40 bits per heavy atom. The van der Waals surface area contributed by atoms with Crippen LogP contribution in [0, 0.1) is 5.41 Å². The molecule has 1 saturated heterocycles. The Bertz CT molecular complexity index is 377. The zero-order valence-electron chi connectivity index (χ0n) is 8.59. The summed E-state index contributed by atoms with van der Waals surface area (Å²) in [6.45, 7) is 2.76. The number of amides is 1. The molecule has 4 heteroatoms. The average molecular weight is 225 g/mol. The van der Waals surface area contributed by atoms with Crippen LogP contribution in [0.5, 0.6) is 0 Å². The SMILES string of the molecule is C[C@]1(Cc2ccc(Cl)nc2)CCNC1=O. The minimum Gasteiger partial charge on any atom is -0.356 e. The van der Waals surface area contributed by atoms with Crippen LogP contribution in [0.1, 0.15) is 18.9 Å². The molecule has 1 atom stereocenters. The first kappa shape index (κ1) is 10.4. The molecule has 1 amide bonds. The average Bonchev–Trinajstić information content (AvgIpc) is 2.51. The number of rotatable bonds is 2. The zero-order chi connectivity index (χ0) is 10.9. The first-order chi connectivity index (χ1) is 7.10. The van der Waals surface area contributed by atoms with E-state index in [0.717, 1.165) is 24.9 Å². The van der Waals surface area contributed by atoms with Gasteiger partial charge in [-0.2, -0.15) is 0 Å². The van der Waals surface area contributed by atoms with Crippen LogP contribution in [-0.4, -0.2) is 17.4 Å². The van der Waals surface area contributed by atoms with Crippen LogP contribution in [0.25, 0.3) is 0 Å². The molecule has 0 radical (unpaired) electrons. The number of hydrogen-bond acceptors (Lipinski definition) is 2. The first-order valence-corrected chi connectivity index (χ1v) is 5.37. The van der Waals surface area contributed by atoms with Crippen molar-refractivity contribution in [3.8, 4) is 0 Å². The highest BCUT2D eigenvalue weighted by Crippen LogP contribution is 2.30. The fourth-order valence-corrected chi connectivity index (χ4v) is 2.02. The van der Waals surface area contributed by atoms with Crippen molar-refractivity contribution in [1.82, 2.24) is 10.3 Å². The lowest BCUT2D eigenvalue weighted by Gasteiger charge is -2.19. The molecule has 0 unspecified atom stereocenters. The van der Waals surface area contributed by atoms with Gasteiger partial charge in [-0.25, -0.2) is 4.98 Å². The van der Waals surface area contributed by atoms with Crippen LogP contribution in [0.4, 0.5) is 0 Å². The lowest BCUT2D eigenvalue weighted by atomic mass is 9.83. The summed E-state index contributed by atoms with van der Waals surface area (Å²) in [4.78, 5) is 15.6. The number of carbonyl (C=O) groups is 1. The highest BCUT2D eigenvalue weighted by molar-refractivity contribution is 6.29. The molecule has 1 aliphatic rings. The molecule has 3 nitrogen and oxygen atoms in total. The van der Waals surface area contributed by atoms with E-state index in [1.165, 1.54) is 0 Å². The Hall–Kier alpha value is -1.09. The van der Waals surface area contributed by atoms with E-state index in [2.05, 4.69) is 10.3 Å². The molecule has 1 aliphatic heterocycles. The maximum Gasteiger partial charge on any atom is 0.226 e. The van der Waals surface area contributed by atoms with Crippen LogP contribution >= 0.6 is 11.6 Å². The molecular weight excluding hydrogens is 212 g/mol. The number of hydrogen-bond donors (Lipinski definition) is 1. The Balaban J connectivity index is 2.14. The second-order valence-corrected chi connectivity index (χ2v) is 4.62. The van der Waals surface area contributed by atoms with E-state index in [4.69, 9.17) is 11.6 Å². The lowest BCUT2D eigenvalue weighted by molar-refractivity contribution is -0.126. The molecule has 1 fully saturated rings. The minimum atomic E-state index is -0.282. The predicted octanol–water partition coefficient (Wildman–Crippen LogP) is 1.80. The van der Waals surface area contributed by atoms with E-state index in [-0.39, 0.29) is 11.3 Å². The van der Waals surface area contributed by atoms with Gasteiger partial charge in [0.2, 0.25) is 5.91 Å². The van der Waals surface area contributed by atoms with Crippen LogP contribution in [0.15, 0.2) is 18.3 Å². The first-order valence-electron chi connectivity index (χ1n) is 4.99. The topological polar surface area (TPSA) is 42.0 Å². The second-order valence-electron chi connectivity index (χ2n) is 4.23. The van der Waals surface area contributed by atoms with Crippen molar-refractivity contribution in [1.29, 1.82) is 0 Å². The molecule has 0 aromatic carbocycles. The highest BCUT2D eigenvalue weighted by atomic mass is 35.5. The molecule has 2 heterocycles. The molecule has 80 valence electrons. The zero-order valence-corrected chi connectivity index (χ0v) is 9.34. The fourth-order valence-electron chi connectivity index (χ4n) is 1.91. The van der Waals surface area contributed by atoms with E-state index in [0.29, 0.717) is 5.15 Å². The van der Waals surface area contributed by atoms with Crippen molar-refractivity contribution in [3.05, 3.63) is 29.0 Å². The number of carbonyl (C=O) groups excluding carboxylic acids is 1. The van der Waals surface area contributed by atoms with Crippen molar-refractivity contribution < 1.29 is 4.79 Å². The molecule has 0 aliphatic carbocycles. The normalized spacial score (nSPS) is 25.3. The van der Waals surface area contributed by atoms with Gasteiger partial charge in [0.15, 0.2) is 0 Å². The van der Waals surface area contributed by atoms with Gasteiger partial charge in [0.1, 0.15) is 5.15 Å². The molecule has 0 spiro atoms. The third-order valence-corrected chi connectivity index (χ3v) is 3.12. The standard InChI is InChI=1S/C11H13ClN2O/c1-11(4-5-13-10(11)15)6-8-2-3-9(12)14-7-8/h2-3,7H,4-6H2,1H3,(H,13,15)/t11-/m1/s1. The highest BCUT2D eigenvalue weighted by Gasteiger charge is 2.37. The third kappa shape index (κ3) is 2.12. The van der Waals surface area contributed by atoms with Gasteiger partial charge in [-0.3, -0.25) is 4.79 Å². The molecule has 0 saturated carbocycles. The monoisotopic (exact) mass is 224 g/mol. The molecule has 1 N–H and O–H groups in total. The summed E-state index contributed by atoms with van der Waals surface area (Å²) in [6.07, 6.45) is 3.34. The number of aromatic nitrogens is 1. The summed E-state index contributed by atoms with van der Waals surface area (Å²) < 4.78 is 0. The smallest absolute Gasteiger partial charge is 0.226 e. The number of nitrogens with zero attached hydrogens (tertiary/aromatic N) is 1. The van der Waals surface area contributed by atoms with E-state index >= 15 is 0 Å². The third-order valence-electron chi connectivity index (χ3n) is 2.89. The largest absolute Gasteiger partial charge is 0.356 e. The van der Waals surface area contributed by atoms with Crippen molar-refractivity contribution in [3.63, 3.8) is 0 Å². The Kier molecular flexibility index (Phi) is 2.65. The van der Waals surface area contributed by atoms with E-state index in [1.807, 2.05) is 13.0 Å². The molecule has 2 rings (SSSR count). The molecular formula is C11H13ClN2O. The Labute approximate surface area is 93.8 Å². The second kappa shape index (κ2) is 3.81. The maximum atomic E-state index is 11.6. The summed E-state index contributed by atoms with van der Waals surface area (Å²) in [5, 5.41) is 3.34. The summed E-state index contributed by atoms with van der Waals surface area (Å²) in [7, 11) is 0. The van der Waals surface area contributed by atoms with Gasteiger partial charge in [0, 0.05) is 12.7 Å². The summed E-state index contributed by atoms with van der Waals surface area (Å²) >= 11 is 5.70. The van der Waals surface area contributed by atoms with E-state index in [1.54, 1.807) is 12.3 Å². The summed E-state index contributed by atoms with van der Waals surface area (Å²) in [6, 6.07) is 3.68. The summed E-state index contributed by atoms with van der Waals surface area (Å²) in [5.74, 6) is 0.137. The number of pyridine rings is 1. The van der Waals surface area contributed by atoms with E-state index in [9.17, 15) is 4.79 Å². The van der Waals surface area contributed by atoms with Crippen molar-refractivity contribution in [2.75, 3.05) is 6.54 Å². The van der Waals surface area contributed by atoms with Gasteiger partial charge in [0.25, 0.3) is 0 Å². The number of nitrogens with one attached hydrogen (secondary N) is 1. The Morgan fingerprint density at radius 3 is 2.93 bits per heavy atom. The van der Waals surface area contributed by atoms with E-state index < -0.39 is 0 Å². The lowest BCUT2D eigenvalue weighted by Crippen LogP contribution is -2.30. The Morgan fingerprint density at radius 1 is 1.60 bits per heavy atom. The van der Waals surface area contributed by atoms with Crippen LogP contribution < -0.4 is 5.32 Å². The van der Waals surface area contributed by atoms with Gasteiger partial charge in [-0.15, -0.1) is 0 Å². The van der Waals surface area contributed by atoms with Crippen LogP contribution in [-0.2, 0) is 11.2 Å². The van der Waals surface area contributed by atoms with Gasteiger partial charge in [-0.1, -0.05) is 24.6 Å². The van der Waals surface area contributed by atoms with Crippen molar-refractivity contribution in [2.24, 2.45) is 5.41 Å². The number of halogens is 1. The quantitative estimate of drug-likeness (QED) is 0.779. The van der Waals surface area contributed by atoms with Crippen molar-refractivity contribution >= 4 is 17.5 Å². The van der Waals surface area contributed by atoms with Crippen LogP contribution in [0.3, 0.4) is 0 Å². The van der Waals surface area contributed by atoms with Gasteiger partial charge < -0.3 is 5.32 Å². The maximum absolute atomic E-state index is 11.6.